The van der Waals surface area contributed by atoms with Crippen molar-refractivity contribution in [1.82, 2.24) is 0 Å². The van der Waals surface area contributed by atoms with Gasteiger partial charge in [0.1, 0.15) is 5.75 Å². The van der Waals surface area contributed by atoms with Crippen molar-refractivity contribution in [1.29, 1.82) is 0 Å². The smallest absolute Gasteiger partial charge is 0.159 e. The first kappa shape index (κ1) is 12.2. The first-order chi connectivity index (χ1) is 6.91. The quantitative estimate of drug-likeness (QED) is 0.620. The van der Waals surface area contributed by atoms with Crippen LogP contribution in [0.25, 0.3) is 0 Å². The number of halogens is 1. The predicted octanol–water partition coefficient (Wildman–Crippen LogP) is 3.63. The average molecular weight is 271 g/mol. The fourth-order valence-electron chi connectivity index (χ4n) is 1.50. The molecule has 0 heterocycles. The molecule has 0 aromatic heterocycles. The van der Waals surface area contributed by atoms with Gasteiger partial charge in [-0.25, -0.2) is 0 Å². The Bertz CT molecular complexity index is 360. The molecule has 1 aromatic carbocycles. The van der Waals surface area contributed by atoms with Crippen molar-refractivity contribution >= 4 is 21.7 Å². The number of alkyl halides is 1. The number of ether oxygens (including phenoxy) is 1. The highest BCUT2D eigenvalue weighted by molar-refractivity contribution is 9.09. The number of rotatable bonds is 3. The molecular formula is C12H15BrO2. The molecule has 0 saturated heterocycles. The second-order valence-corrected chi connectivity index (χ2v) is 4.95. The van der Waals surface area contributed by atoms with Crippen molar-refractivity contribution in [3.8, 4) is 5.75 Å². The van der Waals surface area contributed by atoms with Crippen LogP contribution in [0.15, 0.2) is 12.1 Å². The highest BCUT2D eigenvalue weighted by Gasteiger charge is 2.10. The first-order valence-electron chi connectivity index (χ1n) is 4.84. The minimum atomic E-state index is -0.0296. The summed E-state index contributed by atoms with van der Waals surface area (Å²) in [6.07, 6.45) is 0. The number of carbonyl (C=O) groups excluding carboxylic acids is 1. The molecule has 0 bridgehead atoms. The number of aryl methyl sites for hydroxylation is 2. The van der Waals surface area contributed by atoms with Crippen molar-refractivity contribution in [2.45, 2.75) is 32.7 Å². The van der Waals surface area contributed by atoms with Crippen LogP contribution < -0.4 is 4.74 Å². The summed E-state index contributed by atoms with van der Waals surface area (Å²) in [4.78, 5) is 11.2. The summed E-state index contributed by atoms with van der Waals surface area (Å²) in [5.41, 5.74) is 2.72. The molecule has 0 aliphatic heterocycles. The van der Waals surface area contributed by atoms with E-state index in [1.807, 2.05) is 32.9 Å². The second kappa shape index (κ2) is 4.79. The van der Waals surface area contributed by atoms with E-state index in [1.54, 1.807) is 6.92 Å². The van der Waals surface area contributed by atoms with E-state index in [2.05, 4.69) is 15.9 Å². The van der Waals surface area contributed by atoms with E-state index in [0.717, 1.165) is 22.4 Å². The molecule has 0 saturated carbocycles. The Hall–Kier alpha value is -0.830. The van der Waals surface area contributed by atoms with Gasteiger partial charge >= 0.3 is 0 Å². The van der Waals surface area contributed by atoms with Gasteiger partial charge in [0.15, 0.2) is 10.8 Å². The Morgan fingerprint density at radius 1 is 1.33 bits per heavy atom. The van der Waals surface area contributed by atoms with Gasteiger partial charge in [0, 0.05) is 5.56 Å². The zero-order valence-corrected chi connectivity index (χ0v) is 11.0. The fraction of sp³-hybridized carbons (Fsp3) is 0.417. The molecule has 0 amide bonds. The monoisotopic (exact) mass is 270 g/mol. The van der Waals surface area contributed by atoms with Gasteiger partial charge in [0.05, 0.1) is 0 Å². The van der Waals surface area contributed by atoms with Gasteiger partial charge in [-0.3, -0.25) is 4.79 Å². The molecule has 0 radical (unpaired) electrons. The number of hydrogen-bond acceptors (Lipinski definition) is 2. The zero-order chi connectivity index (χ0) is 11.6. The largest absolute Gasteiger partial charge is 0.479 e. The highest BCUT2D eigenvalue weighted by Crippen LogP contribution is 2.26. The number of ketones is 1. The van der Waals surface area contributed by atoms with Crippen LogP contribution in [0.2, 0.25) is 0 Å². The molecule has 0 aliphatic carbocycles. The topological polar surface area (TPSA) is 26.3 Å². The lowest BCUT2D eigenvalue weighted by atomic mass is 10.0. The first-order valence-corrected chi connectivity index (χ1v) is 5.76. The lowest BCUT2D eigenvalue weighted by Crippen LogP contribution is -2.06. The Balaban J connectivity index is 3.15. The van der Waals surface area contributed by atoms with E-state index in [1.165, 1.54) is 0 Å². The number of carbonyl (C=O) groups is 1. The molecular weight excluding hydrogens is 256 g/mol. The van der Waals surface area contributed by atoms with Crippen LogP contribution in [0.4, 0.5) is 0 Å². The van der Waals surface area contributed by atoms with E-state index in [-0.39, 0.29) is 10.8 Å². The van der Waals surface area contributed by atoms with Crippen LogP contribution >= 0.6 is 15.9 Å². The van der Waals surface area contributed by atoms with Crippen LogP contribution in [0.5, 0.6) is 5.75 Å². The summed E-state index contributed by atoms with van der Waals surface area (Å²) in [5, 5.41) is -0.0296. The standard InChI is InChI=1S/C12H15BrO2/c1-7-5-11(9(3)14)6-8(2)12(7)15-10(4)13/h5-6,10H,1-4H3. The van der Waals surface area contributed by atoms with Gasteiger partial charge in [0.25, 0.3) is 0 Å². The molecule has 0 fully saturated rings. The van der Waals surface area contributed by atoms with Gasteiger partial charge < -0.3 is 4.74 Å². The Morgan fingerprint density at radius 3 is 2.13 bits per heavy atom. The molecule has 3 heteroatoms. The van der Waals surface area contributed by atoms with Crippen LogP contribution in [0, 0.1) is 13.8 Å². The second-order valence-electron chi connectivity index (χ2n) is 3.66. The minimum absolute atomic E-state index is 0.0296. The average Bonchev–Trinajstić information content (AvgIpc) is 2.10. The van der Waals surface area contributed by atoms with Crippen molar-refractivity contribution in [3.63, 3.8) is 0 Å². The van der Waals surface area contributed by atoms with E-state index in [9.17, 15) is 4.79 Å². The Morgan fingerprint density at radius 2 is 1.80 bits per heavy atom. The molecule has 0 N–H and O–H groups in total. The summed E-state index contributed by atoms with van der Waals surface area (Å²) in [6, 6.07) is 3.72. The molecule has 2 nitrogen and oxygen atoms in total. The molecule has 82 valence electrons. The van der Waals surface area contributed by atoms with Gasteiger partial charge in [-0.05, 0) is 66.9 Å². The SMILES string of the molecule is CC(=O)c1cc(C)c(OC(C)Br)c(C)c1. The predicted molar refractivity (Wildman–Crippen MR) is 64.9 cm³/mol. The van der Waals surface area contributed by atoms with Crippen molar-refractivity contribution in [3.05, 3.63) is 28.8 Å². The summed E-state index contributed by atoms with van der Waals surface area (Å²) in [5.74, 6) is 0.934. The normalized spacial score (nSPS) is 12.3. The Labute approximate surface area is 98.8 Å². The third-order valence-corrected chi connectivity index (χ3v) is 2.33. The summed E-state index contributed by atoms with van der Waals surface area (Å²) < 4.78 is 5.62. The van der Waals surface area contributed by atoms with Crippen molar-refractivity contribution < 1.29 is 9.53 Å². The molecule has 15 heavy (non-hydrogen) atoms. The summed E-state index contributed by atoms with van der Waals surface area (Å²) >= 11 is 3.34. The maximum absolute atomic E-state index is 11.2. The summed E-state index contributed by atoms with van der Waals surface area (Å²) in [7, 11) is 0. The lowest BCUT2D eigenvalue weighted by molar-refractivity contribution is 0.101. The third-order valence-electron chi connectivity index (χ3n) is 2.15. The highest BCUT2D eigenvalue weighted by atomic mass is 79.9. The van der Waals surface area contributed by atoms with E-state index in [0.29, 0.717) is 0 Å². The minimum Gasteiger partial charge on any atom is -0.479 e. The molecule has 1 atom stereocenters. The van der Waals surface area contributed by atoms with E-state index in [4.69, 9.17) is 4.74 Å². The van der Waals surface area contributed by atoms with E-state index < -0.39 is 0 Å². The van der Waals surface area contributed by atoms with Crippen LogP contribution in [-0.4, -0.2) is 10.8 Å². The molecule has 0 spiro atoms. The van der Waals surface area contributed by atoms with Crippen LogP contribution in [-0.2, 0) is 0 Å². The van der Waals surface area contributed by atoms with Crippen molar-refractivity contribution in [2.24, 2.45) is 0 Å². The lowest BCUT2D eigenvalue weighted by Gasteiger charge is -2.14. The van der Waals surface area contributed by atoms with Crippen molar-refractivity contribution in [2.75, 3.05) is 0 Å². The van der Waals surface area contributed by atoms with Gasteiger partial charge in [0.2, 0.25) is 0 Å². The number of hydrogen-bond donors (Lipinski definition) is 0. The van der Waals surface area contributed by atoms with Crippen LogP contribution in [0.3, 0.4) is 0 Å². The molecule has 0 aliphatic rings. The molecule has 1 rings (SSSR count). The third kappa shape index (κ3) is 3.06. The summed E-state index contributed by atoms with van der Waals surface area (Å²) in [6.45, 7) is 7.38. The maximum Gasteiger partial charge on any atom is 0.159 e. The van der Waals surface area contributed by atoms with Gasteiger partial charge in [-0.1, -0.05) is 0 Å². The Kier molecular flexibility index (Phi) is 3.91. The van der Waals surface area contributed by atoms with Gasteiger partial charge in [-0.2, -0.15) is 0 Å². The maximum atomic E-state index is 11.2. The number of benzene rings is 1. The number of Topliss-reactive ketones (excluding diaryl/α,β-unsaturated/α-hetero) is 1. The van der Waals surface area contributed by atoms with Gasteiger partial charge in [-0.15, -0.1) is 0 Å². The van der Waals surface area contributed by atoms with E-state index >= 15 is 0 Å². The molecule has 1 unspecified atom stereocenters. The zero-order valence-electron chi connectivity index (χ0n) is 9.43. The fourth-order valence-corrected chi connectivity index (χ4v) is 1.69. The van der Waals surface area contributed by atoms with Crippen LogP contribution in [0.1, 0.15) is 35.3 Å². The molecule has 1 aromatic rings.